The molecule has 2 aromatic rings. The third-order valence-corrected chi connectivity index (χ3v) is 4.16. The number of ether oxygens (including phenoxy) is 1. The predicted octanol–water partition coefficient (Wildman–Crippen LogP) is 4.04. The van der Waals surface area contributed by atoms with E-state index in [9.17, 15) is 5.11 Å². The van der Waals surface area contributed by atoms with Gasteiger partial charge in [-0.2, -0.15) is 0 Å². The van der Waals surface area contributed by atoms with Gasteiger partial charge in [0.25, 0.3) is 0 Å². The Morgan fingerprint density at radius 1 is 1.14 bits per heavy atom. The molecule has 2 unspecified atom stereocenters. The van der Waals surface area contributed by atoms with Gasteiger partial charge >= 0.3 is 0 Å². The Bertz CT molecular complexity index is 613. The smallest absolute Gasteiger partial charge is 0.0855 e. The van der Waals surface area contributed by atoms with Crippen LogP contribution in [0.2, 0.25) is 0 Å². The molecule has 0 fully saturated rings. The first kappa shape index (κ1) is 14.3. The summed E-state index contributed by atoms with van der Waals surface area (Å²) < 4.78 is 5.90. The summed E-state index contributed by atoms with van der Waals surface area (Å²) in [7, 11) is 0. The average Bonchev–Trinajstić information content (AvgIpc) is 2.46. The summed E-state index contributed by atoms with van der Waals surface area (Å²) in [6.07, 6.45) is 1.08. The van der Waals surface area contributed by atoms with Crippen LogP contribution in [-0.2, 0) is 11.2 Å². The van der Waals surface area contributed by atoms with E-state index in [1.165, 1.54) is 22.3 Å². The van der Waals surface area contributed by atoms with Gasteiger partial charge < -0.3 is 9.84 Å². The van der Waals surface area contributed by atoms with Crippen molar-refractivity contribution >= 4 is 0 Å². The number of rotatable bonds is 3. The maximum absolute atomic E-state index is 10.6. The van der Waals surface area contributed by atoms with Gasteiger partial charge in [-0.1, -0.05) is 53.6 Å². The Kier molecular flexibility index (Phi) is 4.09. The summed E-state index contributed by atoms with van der Waals surface area (Å²) in [4.78, 5) is 0. The van der Waals surface area contributed by atoms with Crippen molar-refractivity contribution in [2.45, 2.75) is 38.9 Å². The molecule has 1 aliphatic heterocycles. The van der Waals surface area contributed by atoms with Crippen molar-refractivity contribution in [1.82, 2.24) is 0 Å². The molecule has 2 nitrogen and oxygen atoms in total. The third-order valence-electron chi connectivity index (χ3n) is 4.16. The number of aliphatic hydroxyl groups is 1. The quantitative estimate of drug-likeness (QED) is 0.920. The molecule has 0 spiro atoms. The first-order valence-corrected chi connectivity index (χ1v) is 7.59. The van der Waals surface area contributed by atoms with E-state index in [-0.39, 0.29) is 6.10 Å². The van der Waals surface area contributed by atoms with Crippen LogP contribution in [0.25, 0.3) is 0 Å². The molecule has 0 bridgehead atoms. The second-order valence-corrected chi connectivity index (χ2v) is 5.98. The van der Waals surface area contributed by atoms with Gasteiger partial charge in [0.05, 0.1) is 18.8 Å². The van der Waals surface area contributed by atoms with Crippen molar-refractivity contribution in [3.63, 3.8) is 0 Å². The lowest BCUT2D eigenvalue weighted by Gasteiger charge is -2.28. The lowest BCUT2D eigenvalue weighted by atomic mass is 9.92. The highest BCUT2D eigenvalue weighted by atomic mass is 16.5. The molecule has 1 N–H and O–H groups in total. The molecule has 1 aliphatic rings. The fourth-order valence-corrected chi connectivity index (χ4v) is 3.21. The van der Waals surface area contributed by atoms with Crippen molar-refractivity contribution in [2.75, 3.05) is 6.61 Å². The lowest BCUT2D eigenvalue weighted by molar-refractivity contribution is 0.00374. The summed E-state index contributed by atoms with van der Waals surface area (Å²) in [5.74, 6) is 0. The number of benzene rings is 2. The van der Waals surface area contributed by atoms with Crippen molar-refractivity contribution in [2.24, 2.45) is 0 Å². The highest BCUT2D eigenvalue weighted by Gasteiger charge is 2.24. The summed E-state index contributed by atoms with van der Waals surface area (Å²) in [6.45, 7) is 4.87. The molecule has 2 heteroatoms. The summed E-state index contributed by atoms with van der Waals surface area (Å²) in [5.41, 5.74) is 5.94. The topological polar surface area (TPSA) is 29.5 Å². The molecule has 0 saturated heterocycles. The monoisotopic (exact) mass is 282 g/mol. The molecule has 2 aromatic carbocycles. The lowest BCUT2D eigenvalue weighted by Crippen LogP contribution is -2.18. The standard InChI is InChI=1S/C19H22O2/c1-13-9-14(2)11-16(10-13)18(20)12-19-17-6-4-3-5-15(17)7-8-21-19/h3-6,9-11,18-20H,7-8,12H2,1-2H3. The van der Waals surface area contributed by atoms with E-state index in [1.54, 1.807) is 0 Å². The number of aryl methyl sites for hydroxylation is 2. The van der Waals surface area contributed by atoms with Gasteiger partial charge in [0.2, 0.25) is 0 Å². The number of hydrogen-bond acceptors (Lipinski definition) is 2. The third kappa shape index (κ3) is 3.17. The van der Waals surface area contributed by atoms with Gasteiger partial charge in [-0.3, -0.25) is 0 Å². The minimum atomic E-state index is -0.486. The van der Waals surface area contributed by atoms with Gasteiger partial charge in [-0.15, -0.1) is 0 Å². The molecule has 0 aromatic heterocycles. The maximum Gasteiger partial charge on any atom is 0.0855 e. The van der Waals surface area contributed by atoms with Crippen molar-refractivity contribution < 1.29 is 9.84 Å². The van der Waals surface area contributed by atoms with E-state index in [0.717, 1.165) is 18.6 Å². The van der Waals surface area contributed by atoms with Crippen LogP contribution in [0.3, 0.4) is 0 Å². The zero-order valence-electron chi connectivity index (χ0n) is 12.7. The zero-order valence-corrected chi connectivity index (χ0v) is 12.7. The number of aliphatic hydroxyl groups excluding tert-OH is 1. The fraction of sp³-hybridized carbons (Fsp3) is 0.368. The molecule has 21 heavy (non-hydrogen) atoms. The average molecular weight is 282 g/mol. The largest absolute Gasteiger partial charge is 0.388 e. The molecule has 0 radical (unpaired) electrons. The van der Waals surface area contributed by atoms with Crippen LogP contribution in [0.1, 0.15) is 46.4 Å². The molecule has 110 valence electrons. The molecule has 0 amide bonds. The van der Waals surface area contributed by atoms with Gasteiger partial charge in [-0.25, -0.2) is 0 Å². The van der Waals surface area contributed by atoms with E-state index in [0.29, 0.717) is 6.42 Å². The summed E-state index contributed by atoms with van der Waals surface area (Å²) in [6, 6.07) is 14.6. The second kappa shape index (κ2) is 6.00. The Balaban J connectivity index is 1.81. The van der Waals surface area contributed by atoms with Crippen LogP contribution >= 0.6 is 0 Å². The molecule has 0 saturated carbocycles. The first-order valence-electron chi connectivity index (χ1n) is 7.59. The molecular weight excluding hydrogens is 260 g/mol. The normalized spacial score (nSPS) is 19.1. The Hall–Kier alpha value is -1.64. The minimum absolute atomic E-state index is 0.00855. The highest BCUT2D eigenvalue weighted by molar-refractivity contribution is 5.33. The van der Waals surface area contributed by atoms with Crippen LogP contribution in [0, 0.1) is 13.8 Å². The van der Waals surface area contributed by atoms with Crippen LogP contribution in [0.5, 0.6) is 0 Å². The van der Waals surface area contributed by atoms with Gasteiger partial charge in [0, 0.05) is 6.42 Å². The maximum atomic E-state index is 10.6. The van der Waals surface area contributed by atoms with Crippen LogP contribution in [0.4, 0.5) is 0 Å². The summed E-state index contributed by atoms with van der Waals surface area (Å²) in [5, 5.41) is 10.6. The van der Waals surface area contributed by atoms with Crippen molar-refractivity contribution in [3.8, 4) is 0 Å². The van der Waals surface area contributed by atoms with Crippen LogP contribution in [-0.4, -0.2) is 11.7 Å². The Morgan fingerprint density at radius 3 is 2.62 bits per heavy atom. The highest BCUT2D eigenvalue weighted by Crippen LogP contribution is 2.34. The zero-order chi connectivity index (χ0) is 14.8. The van der Waals surface area contributed by atoms with E-state index in [2.05, 4.69) is 50.2 Å². The molecule has 3 rings (SSSR count). The SMILES string of the molecule is Cc1cc(C)cc(C(O)CC2OCCc3ccccc32)c1. The van der Waals surface area contributed by atoms with Crippen molar-refractivity contribution in [3.05, 3.63) is 70.3 Å². The number of fused-ring (bicyclic) bond motifs is 1. The predicted molar refractivity (Wildman–Crippen MR) is 84.3 cm³/mol. The van der Waals surface area contributed by atoms with E-state index in [1.807, 2.05) is 6.07 Å². The number of hydrogen-bond donors (Lipinski definition) is 1. The fourth-order valence-electron chi connectivity index (χ4n) is 3.21. The molecular formula is C19H22O2. The molecule has 1 heterocycles. The second-order valence-electron chi connectivity index (χ2n) is 5.98. The Morgan fingerprint density at radius 2 is 1.86 bits per heavy atom. The van der Waals surface area contributed by atoms with E-state index in [4.69, 9.17) is 4.74 Å². The van der Waals surface area contributed by atoms with Gasteiger partial charge in [0.15, 0.2) is 0 Å². The Labute approximate surface area is 126 Å². The van der Waals surface area contributed by atoms with E-state index < -0.39 is 6.10 Å². The van der Waals surface area contributed by atoms with Crippen molar-refractivity contribution in [1.29, 1.82) is 0 Å². The van der Waals surface area contributed by atoms with E-state index >= 15 is 0 Å². The molecule has 0 aliphatic carbocycles. The minimum Gasteiger partial charge on any atom is -0.388 e. The van der Waals surface area contributed by atoms with Crippen LogP contribution < -0.4 is 0 Å². The van der Waals surface area contributed by atoms with Gasteiger partial charge in [0.1, 0.15) is 0 Å². The van der Waals surface area contributed by atoms with Crippen LogP contribution in [0.15, 0.2) is 42.5 Å². The van der Waals surface area contributed by atoms with Gasteiger partial charge in [-0.05, 0) is 37.0 Å². The summed E-state index contributed by atoms with van der Waals surface area (Å²) >= 11 is 0. The molecule has 2 atom stereocenters. The first-order chi connectivity index (χ1) is 10.1.